The fourth-order valence-corrected chi connectivity index (χ4v) is 5.48. The number of hydrogen-bond donors (Lipinski definition) is 1. The van der Waals surface area contributed by atoms with E-state index < -0.39 is 10.0 Å². The second kappa shape index (κ2) is 8.78. The summed E-state index contributed by atoms with van der Waals surface area (Å²) < 4.78 is 32.8. The Hall–Kier alpha value is -2.75. The average Bonchev–Trinajstić information content (AvgIpc) is 3.21. The third-order valence-corrected chi connectivity index (χ3v) is 7.57. The van der Waals surface area contributed by atoms with Crippen LogP contribution in [0.25, 0.3) is 0 Å². The van der Waals surface area contributed by atoms with E-state index >= 15 is 0 Å². The van der Waals surface area contributed by atoms with Crippen molar-refractivity contribution in [2.24, 2.45) is 0 Å². The Kier molecular flexibility index (Phi) is 6.08. The maximum atomic E-state index is 13.1. The number of aryl methyl sites for hydroxylation is 1. The Morgan fingerprint density at radius 3 is 2.55 bits per heavy atom. The van der Waals surface area contributed by atoms with Gasteiger partial charge in [0, 0.05) is 43.0 Å². The van der Waals surface area contributed by atoms with Crippen molar-refractivity contribution in [2.75, 3.05) is 43.1 Å². The molecule has 2 aliphatic heterocycles. The zero-order valence-corrected chi connectivity index (χ0v) is 18.2. The fraction of sp³-hybridized carbons (Fsp3) is 0.364. The third-order valence-electron chi connectivity index (χ3n) is 5.53. The maximum absolute atomic E-state index is 13.1. The van der Waals surface area contributed by atoms with Gasteiger partial charge in [-0.25, -0.2) is 8.42 Å². The maximum Gasteiger partial charge on any atom is 0.255 e. The highest BCUT2D eigenvalue weighted by atomic mass is 32.2. The quantitative estimate of drug-likeness (QED) is 0.766. The van der Waals surface area contributed by atoms with Crippen molar-refractivity contribution in [3.05, 3.63) is 53.6 Å². The van der Waals surface area contributed by atoms with Gasteiger partial charge in [-0.1, -0.05) is 12.1 Å². The number of amides is 2. The number of ether oxygens (including phenoxy) is 1. The lowest BCUT2D eigenvalue weighted by atomic mass is 10.1. The number of morpholine rings is 1. The molecule has 0 bridgehead atoms. The smallest absolute Gasteiger partial charge is 0.255 e. The van der Waals surface area contributed by atoms with Crippen LogP contribution in [0.15, 0.2) is 47.4 Å². The van der Waals surface area contributed by atoms with Gasteiger partial charge in [0.2, 0.25) is 15.9 Å². The van der Waals surface area contributed by atoms with E-state index in [0.717, 1.165) is 6.42 Å². The van der Waals surface area contributed by atoms with Gasteiger partial charge in [-0.2, -0.15) is 4.31 Å². The van der Waals surface area contributed by atoms with Crippen molar-refractivity contribution in [3.8, 4) is 0 Å². The fourth-order valence-electron chi connectivity index (χ4n) is 3.82. The number of nitrogens with zero attached hydrogens (tertiary/aromatic N) is 2. The number of carbonyl (C=O) groups excluding carboxylic acids is 2. The minimum atomic E-state index is -3.68. The van der Waals surface area contributed by atoms with Gasteiger partial charge in [0.05, 0.1) is 18.1 Å². The minimum Gasteiger partial charge on any atom is -0.379 e. The first-order valence-electron chi connectivity index (χ1n) is 10.3. The highest BCUT2D eigenvalue weighted by Crippen LogP contribution is 2.26. The highest BCUT2D eigenvalue weighted by Gasteiger charge is 2.28. The average molecular weight is 444 g/mol. The van der Waals surface area contributed by atoms with E-state index in [4.69, 9.17) is 4.74 Å². The van der Waals surface area contributed by atoms with Crippen LogP contribution in [0.4, 0.5) is 11.4 Å². The number of sulfonamides is 1. The van der Waals surface area contributed by atoms with E-state index in [9.17, 15) is 18.0 Å². The monoisotopic (exact) mass is 443 g/mol. The molecule has 2 heterocycles. The normalized spacial score (nSPS) is 17.7. The summed E-state index contributed by atoms with van der Waals surface area (Å²) in [6, 6.07) is 11.7. The lowest BCUT2D eigenvalue weighted by Gasteiger charge is -2.26. The van der Waals surface area contributed by atoms with Crippen molar-refractivity contribution in [3.63, 3.8) is 0 Å². The predicted octanol–water partition coefficient (Wildman–Crippen LogP) is 2.40. The molecule has 164 valence electrons. The van der Waals surface area contributed by atoms with Gasteiger partial charge in [0.15, 0.2) is 0 Å². The third kappa shape index (κ3) is 4.48. The van der Waals surface area contributed by atoms with Crippen molar-refractivity contribution in [1.82, 2.24) is 4.31 Å². The molecule has 1 N–H and O–H groups in total. The number of hydrogen-bond acceptors (Lipinski definition) is 5. The van der Waals surface area contributed by atoms with E-state index in [1.165, 1.54) is 10.4 Å². The lowest BCUT2D eigenvalue weighted by molar-refractivity contribution is -0.117. The van der Waals surface area contributed by atoms with Gasteiger partial charge in [-0.05, 0) is 49.2 Å². The zero-order valence-electron chi connectivity index (χ0n) is 17.3. The Morgan fingerprint density at radius 1 is 1.06 bits per heavy atom. The van der Waals surface area contributed by atoms with E-state index in [2.05, 4.69) is 5.32 Å². The Balaban J connectivity index is 1.55. The van der Waals surface area contributed by atoms with Crippen LogP contribution in [0.3, 0.4) is 0 Å². The molecule has 0 saturated carbocycles. The molecule has 0 radical (unpaired) electrons. The second-order valence-electron chi connectivity index (χ2n) is 7.65. The SMILES string of the molecule is Cc1ccc(NC(=O)c2cccc(N3CCCC3=O)c2)cc1S(=O)(=O)N1CCOCC1. The molecular weight excluding hydrogens is 418 g/mol. The standard InChI is InChI=1S/C22H25N3O5S/c1-16-7-8-18(15-20(16)31(28,29)24-10-12-30-13-11-24)23-22(27)17-4-2-5-19(14-17)25-9-3-6-21(25)26/h2,4-5,7-8,14-15H,3,6,9-13H2,1H3,(H,23,27). The van der Waals surface area contributed by atoms with E-state index in [1.807, 2.05) is 0 Å². The molecule has 2 aliphatic rings. The van der Waals surface area contributed by atoms with E-state index in [-0.39, 0.29) is 16.7 Å². The molecule has 8 nitrogen and oxygen atoms in total. The topological polar surface area (TPSA) is 96.0 Å². The molecule has 0 atom stereocenters. The summed E-state index contributed by atoms with van der Waals surface area (Å²) in [5.41, 5.74) is 2.09. The predicted molar refractivity (Wildman–Crippen MR) is 117 cm³/mol. The molecule has 2 amide bonds. The summed E-state index contributed by atoms with van der Waals surface area (Å²) >= 11 is 0. The van der Waals surface area contributed by atoms with Crippen molar-refractivity contribution in [2.45, 2.75) is 24.7 Å². The van der Waals surface area contributed by atoms with Gasteiger partial charge in [-0.15, -0.1) is 0 Å². The van der Waals surface area contributed by atoms with Gasteiger partial charge < -0.3 is 15.0 Å². The summed E-state index contributed by atoms with van der Waals surface area (Å²) in [6.45, 7) is 3.72. The number of carbonyl (C=O) groups is 2. The first-order valence-corrected chi connectivity index (χ1v) is 11.7. The van der Waals surface area contributed by atoms with E-state index in [0.29, 0.717) is 61.8 Å². The Bertz CT molecular complexity index is 1110. The van der Waals surface area contributed by atoms with E-state index in [1.54, 1.807) is 48.2 Å². The van der Waals surface area contributed by atoms with Crippen molar-refractivity contribution < 1.29 is 22.7 Å². The molecule has 2 fully saturated rings. The molecule has 0 spiro atoms. The van der Waals surface area contributed by atoms with Gasteiger partial charge in [0.1, 0.15) is 0 Å². The molecule has 9 heteroatoms. The van der Waals surface area contributed by atoms with Crippen LogP contribution in [0.1, 0.15) is 28.8 Å². The molecule has 2 saturated heterocycles. The zero-order chi connectivity index (χ0) is 22.0. The van der Waals surface area contributed by atoms with Crippen LogP contribution in [0.5, 0.6) is 0 Å². The highest BCUT2D eigenvalue weighted by molar-refractivity contribution is 7.89. The first-order chi connectivity index (χ1) is 14.9. The van der Waals surface area contributed by atoms with Gasteiger partial charge in [0.25, 0.3) is 5.91 Å². The summed E-state index contributed by atoms with van der Waals surface area (Å²) in [4.78, 5) is 26.7. The number of nitrogens with one attached hydrogen (secondary N) is 1. The molecule has 2 aromatic rings. The molecule has 2 aromatic carbocycles. The van der Waals surface area contributed by atoms with Crippen LogP contribution in [-0.2, 0) is 19.6 Å². The van der Waals surface area contributed by atoms with Crippen LogP contribution >= 0.6 is 0 Å². The van der Waals surface area contributed by atoms with Crippen LogP contribution in [-0.4, -0.2) is 57.4 Å². The number of rotatable bonds is 5. The Morgan fingerprint density at radius 2 is 1.84 bits per heavy atom. The number of benzene rings is 2. The lowest BCUT2D eigenvalue weighted by Crippen LogP contribution is -2.40. The van der Waals surface area contributed by atoms with Gasteiger partial charge >= 0.3 is 0 Å². The molecule has 4 rings (SSSR count). The molecule has 0 aliphatic carbocycles. The summed E-state index contributed by atoms with van der Waals surface area (Å²) in [6.07, 6.45) is 1.32. The number of anilines is 2. The summed E-state index contributed by atoms with van der Waals surface area (Å²) in [5.74, 6) is -0.318. The summed E-state index contributed by atoms with van der Waals surface area (Å²) in [7, 11) is -3.68. The molecule has 0 unspecified atom stereocenters. The first kappa shape index (κ1) is 21.5. The Labute approximate surface area is 181 Å². The van der Waals surface area contributed by atoms with Crippen LogP contribution in [0, 0.1) is 6.92 Å². The van der Waals surface area contributed by atoms with Crippen molar-refractivity contribution >= 4 is 33.2 Å². The molecule has 0 aromatic heterocycles. The summed E-state index contributed by atoms with van der Waals surface area (Å²) in [5, 5.41) is 2.78. The largest absolute Gasteiger partial charge is 0.379 e. The van der Waals surface area contributed by atoms with Crippen molar-refractivity contribution in [1.29, 1.82) is 0 Å². The molecule has 31 heavy (non-hydrogen) atoms. The van der Waals surface area contributed by atoms with Crippen LogP contribution < -0.4 is 10.2 Å². The molecular formula is C22H25N3O5S. The second-order valence-corrected chi connectivity index (χ2v) is 9.56. The minimum absolute atomic E-state index is 0.0500. The van der Waals surface area contributed by atoms with Crippen LogP contribution in [0.2, 0.25) is 0 Å². The van der Waals surface area contributed by atoms with Gasteiger partial charge in [-0.3, -0.25) is 9.59 Å².